The van der Waals surface area contributed by atoms with E-state index in [1.54, 1.807) is 0 Å². The lowest BCUT2D eigenvalue weighted by atomic mass is 10.1. The molecule has 0 aromatic carbocycles. The molecular weight excluding hydrogens is 258 g/mol. The smallest absolute Gasteiger partial charge is 0.317 e. The van der Waals surface area contributed by atoms with E-state index in [1.807, 2.05) is 23.3 Å². The van der Waals surface area contributed by atoms with Crippen LogP contribution in [0, 0.1) is 5.92 Å². The van der Waals surface area contributed by atoms with Gasteiger partial charge in [-0.2, -0.15) is 0 Å². The molecule has 0 aliphatic rings. The third-order valence-electron chi connectivity index (χ3n) is 2.56. The third-order valence-corrected chi connectivity index (χ3v) is 3.67. The molecule has 3 nitrogen and oxygen atoms in total. The molecule has 1 rings (SSSR count). The van der Waals surface area contributed by atoms with E-state index in [0.29, 0.717) is 5.92 Å². The van der Waals surface area contributed by atoms with Gasteiger partial charge < -0.3 is 5.11 Å². The third kappa shape index (κ3) is 4.66. The van der Waals surface area contributed by atoms with Crippen LogP contribution >= 0.6 is 22.9 Å². The average Bonchev–Trinajstić information content (AvgIpc) is 2.61. The van der Waals surface area contributed by atoms with E-state index in [4.69, 9.17) is 16.7 Å². The highest BCUT2D eigenvalue weighted by Gasteiger charge is 2.20. The van der Waals surface area contributed by atoms with Crippen molar-refractivity contribution in [2.75, 3.05) is 13.1 Å². The van der Waals surface area contributed by atoms with Crippen LogP contribution < -0.4 is 0 Å². The number of hydrogen-bond acceptors (Lipinski definition) is 3. The van der Waals surface area contributed by atoms with E-state index < -0.39 is 5.97 Å². The van der Waals surface area contributed by atoms with Gasteiger partial charge in [0, 0.05) is 12.6 Å². The summed E-state index contributed by atoms with van der Waals surface area (Å²) in [7, 11) is 0. The second-order valence-electron chi connectivity index (χ2n) is 4.58. The highest BCUT2D eigenvalue weighted by Crippen LogP contribution is 2.28. The van der Waals surface area contributed by atoms with Crippen LogP contribution in [-0.4, -0.2) is 29.1 Å². The Kier molecular flexibility index (Phi) is 5.43. The zero-order valence-corrected chi connectivity index (χ0v) is 11.9. The largest absolute Gasteiger partial charge is 0.480 e. The van der Waals surface area contributed by atoms with Gasteiger partial charge in [0.05, 0.1) is 10.9 Å². The first-order valence-electron chi connectivity index (χ1n) is 5.60. The van der Waals surface area contributed by atoms with Crippen molar-refractivity contribution < 1.29 is 9.90 Å². The fraction of sp³-hybridized carbons (Fsp3) is 0.583. The van der Waals surface area contributed by atoms with Crippen molar-refractivity contribution in [3.05, 3.63) is 21.3 Å². The molecule has 1 heterocycles. The molecule has 0 radical (unpaired) electrons. The summed E-state index contributed by atoms with van der Waals surface area (Å²) in [6.45, 7) is 7.02. The van der Waals surface area contributed by atoms with Crippen molar-refractivity contribution in [1.29, 1.82) is 0 Å². The predicted octanol–water partition coefficient (Wildman–Crippen LogP) is 3.51. The van der Waals surface area contributed by atoms with Crippen molar-refractivity contribution in [3.63, 3.8) is 0 Å². The van der Waals surface area contributed by atoms with Crippen molar-refractivity contribution in [2.45, 2.75) is 26.8 Å². The monoisotopic (exact) mass is 275 g/mol. The van der Waals surface area contributed by atoms with Gasteiger partial charge in [-0.1, -0.05) is 25.4 Å². The second kappa shape index (κ2) is 6.38. The van der Waals surface area contributed by atoms with Crippen LogP contribution in [0.5, 0.6) is 0 Å². The Morgan fingerprint density at radius 2 is 2.18 bits per heavy atom. The van der Waals surface area contributed by atoms with Gasteiger partial charge in [-0.3, -0.25) is 9.69 Å². The van der Waals surface area contributed by atoms with Gasteiger partial charge >= 0.3 is 5.97 Å². The van der Waals surface area contributed by atoms with Crippen LogP contribution in [0.25, 0.3) is 0 Å². The Balaban J connectivity index is 2.77. The van der Waals surface area contributed by atoms with Gasteiger partial charge in [0.25, 0.3) is 0 Å². The van der Waals surface area contributed by atoms with E-state index in [-0.39, 0.29) is 12.6 Å². The fourth-order valence-electron chi connectivity index (χ4n) is 1.76. The zero-order valence-electron chi connectivity index (χ0n) is 10.3. The lowest BCUT2D eigenvalue weighted by molar-refractivity contribution is -0.139. The highest BCUT2D eigenvalue weighted by atomic mass is 35.5. The van der Waals surface area contributed by atoms with Crippen molar-refractivity contribution in [1.82, 2.24) is 4.90 Å². The van der Waals surface area contributed by atoms with Crippen LogP contribution in [0.1, 0.15) is 32.4 Å². The number of rotatable bonds is 6. The van der Waals surface area contributed by atoms with Gasteiger partial charge in [-0.25, -0.2) is 0 Å². The molecule has 0 saturated heterocycles. The molecule has 0 aliphatic heterocycles. The number of aliphatic carboxylic acids is 1. The van der Waals surface area contributed by atoms with Crippen LogP contribution in [0.4, 0.5) is 0 Å². The van der Waals surface area contributed by atoms with Crippen molar-refractivity contribution in [2.24, 2.45) is 5.92 Å². The van der Waals surface area contributed by atoms with E-state index in [9.17, 15) is 4.79 Å². The Bertz CT molecular complexity index is 378. The van der Waals surface area contributed by atoms with Crippen molar-refractivity contribution in [3.8, 4) is 0 Å². The molecule has 0 spiro atoms. The van der Waals surface area contributed by atoms with Crippen LogP contribution in [0.2, 0.25) is 4.34 Å². The van der Waals surface area contributed by atoms with Gasteiger partial charge in [0.2, 0.25) is 0 Å². The summed E-state index contributed by atoms with van der Waals surface area (Å²) >= 11 is 7.38. The Morgan fingerprint density at radius 1 is 1.53 bits per heavy atom. The summed E-state index contributed by atoms with van der Waals surface area (Å²) in [4.78, 5) is 12.8. The Hall–Kier alpha value is -0.580. The predicted molar refractivity (Wildman–Crippen MR) is 71.8 cm³/mol. The minimum absolute atomic E-state index is 0.0623. The molecule has 1 atom stereocenters. The molecule has 1 unspecified atom stereocenters. The molecule has 1 aromatic heterocycles. The van der Waals surface area contributed by atoms with E-state index in [1.165, 1.54) is 11.3 Å². The highest BCUT2D eigenvalue weighted by molar-refractivity contribution is 7.14. The van der Waals surface area contributed by atoms with Gasteiger partial charge in [0.1, 0.15) is 0 Å². The molecule has 0 amide bonds. The molecule has 5 heteroatoms. The molecule has 17 heavy (non-hydrogen) atoms. The first-order chi connectivity index (χ1) is 7.90. The minimum atomic E-state index is -0.793. The van der Waals surface area contributed by atoms with E-state index >= 15 is 0 Å². The number of halogens is 1. The summed E-state index contributed by atoms with van der Waals surface area (Å²) in [5, 5.41) is 10.9. The molecule has 0 aliphatic carbocycles. The topological polar surface area (TPSA) is 40.5 Å². The standard InChI is InChI=1S/C12H18ClNO2S/c1-8(2)5-14(6-12(15)16)9(3)10-4-11(13)17-7-10/h4,7-9H,5-6H2,1-3H3,(H,15,16). The van der Waals surface area contributed by atoms with Crippen LogP contribution in [-0.2, 0) is 4.79 Å². The second-order valence-corrected chi connectivity index (χ2v) is 6.12. The fourth-order valence-corrected chi connectivity index (χ4v) is 2.73. The molecule has 0 saturated carbocycles. The van der Waals surface area contributed by atoms with Crippen LogP contribution in [0.3, 0.4) is 0 Å². The average molecular weight is 276 g/mol. The number of hydrogen-bond donors (Lipinski definition) is 1. The van der Waals surface area contributed by atoms with Gasteiger partial charge in [0.15, 0.2) is 0 Å². The lowest BCUT2D eigenvalue weighted by Crippen LogP contribution is -2.35. The Labute approximate surface area is 111 Å². The first-order valence-corrected chi connectivity index (χ1v) is 6.85. The Morgan fingerprint density at radius 3 is 2.59 bits per heavy atom. The van der Waals surface area contributed by atoms with Gasteiger partial charge in [-0.05, 0) is 29.9 Å². The molecular formula is C12H18ClNO2S. The van der Waals surface area contributed by atoms with E-state index in [2.05, 4.69) is 13.8 Å². The minimum Gasteiger partial charge on any atom is -0.480 e. The summed E-state index contributed by atoms with van der Waals surface area (Å²) in [6, 6.07) is 1.99. The van der Waals surface area contributed by atoms with E-state index in [0.717, 1.165) is 16.4 Å². The number of carboxylic acids is 1. The summed E-state index contributed by atoms with van der Waals surface area (Å²) in [5.74, 6) is -0.357. The lowest BCUT2D eigenvalue weighted by Gasteiger charge is -2.28. The molecule has 0 fully saturated rings. The summed E-state index contributed by atoms with van der Waals surface area (Å²) in [6.07, 6.45) is 0. The molecule has 0 bridgehead atoms. The summed E-state index contributed by atoms with van der Waals surface area (Å²) < 4.78 is 0.742. The molecule has 1 N–H and O–H groups in total. The summed E-state index contributed by atoms with van der Waals surface area (Å²) in [5.41, 5.74) is 1.09. The maximum Gasteiger partial charge on any atom is 0.317 e. The molecule has 96 valence electrons. The quantitative estimate of drug-likeness (QED) is 0.864. The maximum atomic E-state index is 10.9. The maximum absolute atomic E-state index is 10.9. The molecule has 1 aromatic rings. The van der Waals surface area contributed by atoms with Gasteiger partial charge in [-0.15, -0.1) is 11.3 Å². The number of nitrogens with zero attached hydrogens (tertiary/aromatic N) is 1. The number of thiophene rings is 1. The zero-order chi connectivity index (χ0) is 13.0. The SMILES string of the molecule is CC(C)CN(CC(=O)O)C(C)c1csc(Cl)c1. The first kappa shape index (κ1) is 14.5. The number of carbonyl (C=O) groups is 1. The van der Waals surface area contributed by atoms with Crippen LogP contribution in [0.15, 0.2) is 11.4 Å². The number of carboxylic acid groups (broad SMARTS) is 1. The normalized spacial score (nSPS) is 13.3. The van der Waals surface area contributed by atoms with Crippen molar-refractivity contribution >= 4 is 28.9 Å².